The van der Waals surface area contributed by atoms with Crippen LogP contribution in [0.1, 0.15) is 10.4 Å². The number of carbonyl (C=O) groups is 2. The van der Waals surface area contributed by atoms with E-state index in [9.17, 15) is 9.59 Å². The summed E-state index contributed by atoms with van der Waals surface area (Å²) in [5, 5.41) is 0. The van der Waals surface area contributed by atoms with Gasteiger partial charge in [-0.2, -0.15) is 0 Å². The average molecular weight is 319 g/mol. The van der Waals surface area contributed by atoms with Gasteiger partial charge < -0.3 is 24.2 Å². The van der Waals surface area contributed by atoms with Crippen molar-refractivity contribution in [3.8, 4) is 11.5 Å². The molecule has 0 bridgehead atoms. The molecule has 2 aliphatic rings. The van der Waals surface area contributed by atoms with Gasteiger partial charge in [0, 0.05) is 38.8 Å². The van der Waals surface area contributed by atoms with E-state index < -0.39 is 0 Å². The Morgan fingerprint density at radius 3 is 2.57 bits per heavy atom. The second kappa shape index (κ2) is 6.45. The summed E-state index contributed by atoms with van der Waals surface area (Å²) in [5.41, 5.74) is 0.489. The lowest BCUT2D eigenvalue weighted by Gasteiger charge is -2.33. The Morgan fingerprint density at radius 2 is 1.83 bits per heavy atom. The molecule has 3 rings (SSSR count). The minimum atomic E-state index is -0.203. The first-order valence-electron chi connectivity index (χ1n) is 7.66. The number of amides is 2. The molecule has 23 heavy (non-hydrogen) atoms. The van der Waals surface area contributed by atoms with Gasteiger partial charge in [-0.25, -0.2) is 0 Å². The lowest BCUT2D eigenvalue weighted by atomic mass is 10.2. The molecule has 0 N–H and O–H groups in total. The van der Waals surface area contributed by atoms with Crippen molar-refractivity contribution in [2.75, 3.05) is 53.6 Å². The van der Waals surface area contributed by atoms with Gasteiger partial charge in [0.05, 0.1) is 6.54 Å². The van der Waals surface area contributed by atoms with E-state index in [4.69, 9.17) is 9.47 Å². The molecule has 2 heterocycles. The second-order valence-corrected chi connectivity index (χ2v) is 5.91. The van der Waals surface area contributed by atoms with Crippen LogP contribution >= 0.6 is 0 Å². The number of likely N-dealkylation sites (N-methyl/N-ethyl adjacent to an activating group) is 2. The molecule has 2 amide bonds. The van der Waals surface area contributed by atoms with E-state index in [2.05, 4.69) is 4.90 Å². The van der Waals surface area contributed by atoms with Crippen molar-refractivity contribution in [3.05, 3.63) is 23.8 Å². The number of rotatable bonds is 3. The number of carbonyl (C=O) groups excluding carboxylic acids is 2. The van der Waals surface area contributed by atoms with Crippen LogP contribution in [0.5, 0.6) is 11.5 Å². The molecule has 1 aromatic carbocycles. The van der Waals surface area contributed by atoms with Gasteiger partial charge in [0.1, 0.15) is 0 Å². The van der Waals surface area contributed by atoms with E-state index in [1.54, 1.807) is 25.2 Å². The molecule has 124 valence electrons. The van der Waals surface area contributed by atoms with Crippen molar-refractivity contribution in [1.29, 1.82) is 0 Å². The van der Waals surface area contributed by atoms with Gasteiger partial charge in [0.15, 0.2) is 11.5 Å². The quantitative estimate of drug-likeness (QED) is 0.800. The molecule has 0 aromatic heterocycles. The Labute approximate surface area is 135 Å². The molecule has 0 saturated carbocycles. The fraction of sp³-hybridized carbons (Fsp3) is 0.500. The van der Waals surface area contributed by atoms with Crippen molar-refractivity contribution in [1.82, 2.24) is 14.7 Å². The molecule has 0 unspecified atom stereocenters. The van der Waals surface area contributed by atoms with Crippen LogP contribution in [-0.2, 0) is 4.79 Å². The maximum Gasteiger partial charge on any atom is 0.254 e. The summed E-state index contributed by atoms with van der Waals surface area (Å²) in [7, 11) is 3.68. The highest BCUT2D eigenvalue weighted by Gasteiger charge is 2.23. The predicted molar refractivity (Wildman–Crippen MR) is 83.6 cm³/mol. The Hall–Kier alpha value is -2.28. The van der Waals surface area contributed by atoms with Crippen molar-refractivity contribution < 1.29 is 19.1 Å². The van der Waals surface area contributed by atoms with Gasteiger partial charge in [0.2, 0.25) is 12.7 Å². The van der Waals surface area contributed by atoms with Crippen LogP contribution in [0.3, 0.4) is 0 Å². The van der Waals surface area contributed by atoms with Crippen LogP contribution in [0, 0.1) is 0 Å². The SMILES string of the molecule is CN1CCN(C(=O)CN(C)C(=O)c2ccc3c(c2)OCO3)CC1. The van der Waals surface area contributed by atoms with E-state index in [0.717, 1.165) is 13.1 Å². The maximum absolute atomic E-state index is 12.5. The molecule has 0 spiro atoms. The van der Waals surface area contributed by atoms with E-state index in [0.29, 0.717) is 30.2 Å². The Morgan fingerprint density at radius 1 is 1.13 bits per heavy atom. The van der Waals surface area contributed by atoms with Crippen molar-refractivity contribution in [2.45, 2.75) is 0 Å². The lowest BCUT2D eigenvalue weighted by Crippen LogP contribution is -2.50. The standard InChI is InChI=1S/C16H21N3O4/c1-17-5-7-19(8-6-17)15(20)10-18(2)16(21)12-3-4-13-14(9-12)23-11-22-13/h3-4,9H,5-8,10-11H2,1-2H3. The fourth-order valence-corrected chi connectivity index (χ4v) is 2.68. The molecule has 7 heteroatoms. The van der Waals surface area contributed by atoms with Gasteiger partial charge in [0.25, 0.3) is 5.91 Å². The molecular weight excluding hydrogens is 298 g/mol. The van der Waals surface area contributed by atoms with E-state index in [1.807, 2.05) is 11.9 Å². The number of nitrogens with zero attached hydrogens (tertiary/aromatic N) is 3. The minimum absolute atomic E-state index is 0.0188. The first-order valence-corrected chi connectivity index (χ1v) is 7.66. The van der Waals surface area contributed by atoms with Gasteiger partial charge >= 0.3 is 0 Å². The third-order valence-corrected chi connectivity index (χ3v) is 4.19. The fourth-order valence-electron chi connectivity index (χ4n) is 2.68. The topological polar surface area (TPSA) is 62.3 Å². The summed E-state index contributed by atoms with van der Waals surface area (Å²) in [6.45, 7) is 3.40. The zero-order valence-electron chi connectivity index (χ0n) is 13.4. The van der Waals surface area contributed by atoms with Crippen molar-refractivity contribution >= 4 is 11.8 Å². The van der Waals surface area contributed by atoms with Crippen LogP contribution in [0.15, 0.2) is 18.2 Å². The summed E-state index contributed by atoms with van der Waals surface area (Å²) < 4.78 is 10.5. The number of benzene rings is 1. The van der Waals surface area contributed by atoms with Crippen LogP contribution in [0.2, 0.25) is 0 Å². The summed E-state index contributed by atoms with van der Waals surface area (Å²) in [4.78, 5) is 30.2. The summed E-state index contributed by atoms with van der Waals surface area (Å²) in [6.07, 6.45) is 0. The molecule has 1 saturated heterocycles. The number of hydrogen-bond acceptors (Lipinski definition) is 5. The molecule has 0 aliphatic carbocycles. The zero-order valence-corrected chi connectivity index (χ0v) is 13.4. The number of ether oxygens (including phenoxy) is 2. The number of piperazine rings is 1. The molecule has 0 atom stereocenters. The highest BCUT2D eigenvalue weighted by atomic mass is 16.7. The summed E-state index contributed by atoms with van der Waals surface area (Å²) >= 11 is 0. The zero-order chi connectivity index (χ0) is 16.4. The number of fused-ring (bicyclic) bond motifs is 1. The average Bonchev–Trinajstić information content (AvgIpc) is 3.02. The summed E-state index contributed by atoms with van der Waals surface area (Å²) in [5.74, 6) is 0.979. The van der Waals surface area contributed by atoms with E-state index in [-0.39, 0.29) is 25.2 Å². The van der Waals surface area contributed by atoms with Gasteiger partial charge in [-0.05, 0) is 25.2 Å². The van der Waals surface area contributed by atoms with Crippen LogP contribution in [0.25, 0.3) is 0 Å². The van der Waals surface area contributed by atoms with Gasteiger partial charge in [-0.3, -0.25) is 9.59 Å². The molecule has 0 radical (unpaired) electrons. The van der Waals surface area contributed by atoms with Crippen LogP contribution in [0.4, 0.5) is 0 Å². The first-order chi connectivity index (χ1) is 11.0. The largest absolute Gasteiger partial charge is 0.454 e. The smallest absolute Gasteiger partial charge is 0.254 e. The highest BCUT2D eigenvalue weighted by molar-refractivity contribution is 5.97. The summed E-state index contributed by atoms with van der Waals surface area (Å²) in [6, 6.07) is 5.06. The monoisotopic (exact) mass is 319 g/mol. The van der Waals surface area contributed by atoms with Gasteiger partial charge in [-0.1, -0.05) is 0 Å². The normalized spacial score (nSPS) is 17.2. The van der Waals surface area contributed by atoms with E-state index >= 15 is 0 Å². The van der Waals surface area contributed by atoms with Gasteiger partial charge in [-0.15, -0.1) is 0 Å². The highest BCUT2D eigenvalue weighted by Crippen LogP contribution is 2.32. The van der Waals surface area contributed by atoms with E-state index in [1.165, 1.54) is 4.90 Å². The van der Waals surface area contributed by atoms with Crippen LogP contribution < -0.4 is 9.47 Å². The Balaban J connectivity index is 1.60. The molecule has 1 fully saturated rings. The predicted octanol–water partition coefficient (Wildman–Crippen LogP) is 0.261. The minimum Gasteiger partial charge on any atom is -0.454 e. The Bertz CT molecular complexity index is 611. The van der Waals surface area contributed by atoms with Crippen molar-refractivity contribution in [3.63, 3.8) is 0 Å². The second-order valence-electron chi connectivity index (χ2n) is 5.91. The number of hydrogen-bond donors (Lipinski definition) is 0. The molecule has 7 nitrogen and oxygen atoms in total. The first kappa shape index (κ1) is 15.6. The third-order valence-electron chi connectivity index (χ3n) is 4.19. The molecule has 1 aromatic rings. The maximum atomic E-state index is 12.5. The molecular formula is C16H21N3O4. The third kappa shape index (κ3) is 3.39. The van der Waals surface area contributed by atoms with Crippen molar-refractivity contribution in [2.24, 2.45) is 0 Å². The molecule has 2 aliphatic heterocycles. The lowest BCUT2D eigenvalue weighted by molar-refractivity contribution is -0.133. The Kier molecular flexibility index (Phi) is 4.38. The van der Waals surface area contributed by atoms with Crippen LogP contribution in [-0.4, -0.2) is 80.1 Å².